The first-order valence-electron chi connectivity index (χ1n) is 8.42. The monoisotopic (exact) mass is 323 g/mol. The van der Waals surface area contributed by atoms with Gasteiger partial charge < -0.3 is 5.32 Å². The van der Waals surface area contributed by atoms with Gasteiger partial charge in [-0.3, -0.25) is 9.78 Å². The second kappa shape index (κ2) is 5.78. The lowest BCUT2D eigenvalue weighted by Crippen LogP contribution is -2.25. The minimum Gasteiger partial charge on any atom is -0.355 e. The molecule has 0 spiro atoms. The maximum absolute atomic E-state index is 12.3. The van der Waals surface area contributed by atoms with Crippen LogP contribution in [-0.2, 0) is 0 Å². The molecular formula is C18H21N5O. The highest BCUT2D eigenvalue weighted by Crippen LogP contribution is 2.37. The highest BCUT2D eigenvalue weighted by Gasteiger charge is 2.28. The van der Waals surface area contributed by atoms with Crippen LogP contribution in [0, 0.1) is 5.41 Å². The Labute approximate surface area is 139 Å². The quantitative estimate of drug-likeness (QED) is 0.773. The first-order valence-corrected chi connectivity index (χ1v) is 8.42. The molecule has 1 aliphatic rings. The summed E-state index contributed by atoms with van der Waals surface area (Å²) in [5, 5.41) is 8.14. The third kappa shape index (κ3) is 2.68. The van der Waals surface area contributed by atoms with Gasteiger partial charge in [0.05, 0.1) is 11.9 Å². The van der Waals surface area contributed by atoms with Gasteiger partial charge in [-0.15, -0.1) is 0 Å². The van der Waals surface area contributed by atoms with Crippen molar-refractivity contribution >= 4 is 17.0 Å². The molecule has 0 amide bonds. The van der Waals surface area contributed by atoms with E-state index in [-0.39, 0.29) is 11.0 Å². The number of aromatic nitrogens is 4. The lowest BCUT2D eigenvalue weighted by molar-refractivity contribution is 0.361. The van der Waals surface area contributed by atoms with Gasteiger partial charge in [0.2, 0.25) is 5.95 Å². The molecule has 124 valence electrons. The average molecular weight is 323 g/mol. The highest BCUT2D eigenvalue weighted by atomic mass is 16.1. The second-order valence-electron chi connectivity index (χ2n) is 6.92. The van der Waals surface area contributed by atoms with Crippen LogP contribution in [0.1, 0.15) is 32.6 Å². The Balaban J connectivity index is 1.69. The predicted molar refractivity (Wildman–Crippen MR) is 94.6 cm³/mol. The maximum Gasteiger partial charge on any atom is 0.263 e. The first kappa shape index (κ1) is 14.9. The largest absolute Gasteiger partial charge is 0.355 e. The molecule has 0 unspecified atom stereocenters. The van der Waals surface area contributed by atoms with Crippen LogP contribution in [0.4, 0.5) is 5.95 Å². The Kier molecular flexibility index (Phi) is 3.59. The SMILES string of the molecule is CC1(CNc2nc3c(cnn3-c3ccccc3)c(=O)[nH]2)CCCC1. The van der Waals surface area contributed by atoms with Crippen molar-refractivity contribution in [2.24, 2.45) is 5.41 Å². The van der Waals surface area contributed by atoms with Crippen LogP contribution >= 0.6 is 0 Å². The molecule has 3 aromatic rings. The van der Waals surface area contributed by atoms with E-state index < -0.39 is 0 Å². The summed E-state index contributed by atoms with van der Waals surface area (Å²) in [4.78, 5) is 19.8. The lowest BCUT2D eigenvalue weighted by atomic mass is 9.89. The number of anilines is 1. The van der Waals surface area contributed by atoms with Gasteiger partial charge in [-0.2, -0.15) is 10.1 Å². The fourth-order valence-corrected chi connectivity index (χ4v) is 3.46. The van der Waals surface area contributed by atoms with Gasteiger partial charge in [0.25, 0.3) is 5.56 Å². The van der Waals surface area contributed by atoms with E-state index >= 15 is 0 Å². The van der Waals surface area contributed by atoms with Crippen molar-refractivity contribution in [1.82, 2.24) is 19.7 Å². The Bertz CT molecular complexity index is 906. The number of para-hydroxylation sites is 1. The average Bonchev–Trinajstić information content (AvgIpc) is 3.21. The standard InChI is InChI=1S/C18H21N5O/c1-18(9-5-6-10-18)12-19-17-21-15-14(16(24)22-17)11-20-23(15)13-7-3-2-4-8-13/h2-4,7-8,11H,5-6,9-10,12H2,1H3,(H2,19,21,22,24). The van der Waals surface area contributed by atoms with Crippen molar-refractivity contribution in [1.29, 1.82) is 0 Å². The Morgan fingerprint density at radius 2 is 2.00 bits per heavy atom. The highest BCUT2D eigenvalue weighted by molar-refractivity contribution is 5.76. The zero-order chi connectivity index (χ0) is 16.6. The number of aromatic amines is 1. The van der Waals surface area contributed by atoms with E-state index in [0.29, 0.717) is 17.0 Å². The Hall–Kier alpha value is -2.63. The van der Waals surface area contributed by atoms with Gasteiger partial charge in [-0.1, -0.05) is 38.0 Å². The molecule has 6 heteroatoms. The maximum atomic E-state index is 12.3. The summed E-state index contributed by atoms with van der Waals surface area (Å²) in [6.07, 6.45) is 6.56. The Morgan fingerprint density at radius 3 is 2.75 bits per heavy atom. The summed E-state index contributed by atoms with van der Waals surface area (Å²) < 4.78 is 1.70. The van der Waals surface area contributed by atoms with Crippen LogP contribution in [0.2, 0.25) is 0 Å². The number of rotatable bonds is 4. The third-order valence-corrected chi connectivity index (χ3v) is 4.93. The minimum atomic E-state index is -0.166. The molecule has 2 aromatic heterocycles. The van der Waals surface area contributed by atoms with Crippen LogP contribution in [0.15, 0.2) is 41.3 Å². The number of hydrogen-bond acceptors (Lipinski definition) is 4. The zero-order valence-corrected chi connectivity index (χ0v) is 13.7. The number of benzene rings is 1. The van der Waals surface area contributed by atoms with Gasteiger partial charge in [0.15, 0.2) is 5.65 Å². The minimum absolute atomic E-state index is 0.166. The van der Waals surface area contributed by atoms with Crippen molar-refractivity contribution < 1.29 is 0 Å². The van der Waals surface area contributed by atoms with E-state index in [1.54, 1.807) is 10.9 Å². The molecule has 4 rings (SSSR count). The summed E-state index contributed by atoms with van der Waals surface area (Å²) >= 11 is 0. The number of nitrogens with zero attached hydrogens (tertiary/aromatic N) is 3. The normalized spacial score (nSPS) is 16.5. The van der Waals surface area contributed by atoms with Crippen LogP contribution in [0.5, 0.6) is 0 Å². The topological polar surface area (TPSA) is 75.6 Å². The van der Waals surface area contributed by atoms with Gasteiger partial charge in [0.1, 0.15) is 5.39 Å². The molecule has 2 heterocycles. The smallest absolute Gasteiger partial charge is 0.263 e. The summed E-state index contributed by atoms with van der Waals surface area (Å²) in [5.41, 5.74) is 1.58. The molecule has 0 radical (unpaired) electrons. The van der Waals surface area contributed by atoms with E-state index in [9.17, 15) is 4.79 Å². The van der Waals surface area contributed by atoms with Crippen molar-refractivity contribution in [3.63, 3.8) is 0 Å². The van der Waals surface area contributed by atoms with Crippen molar-refractivity contribution in [3.8, 4) is 5.69 Å². The molecule has 1 saturated carbocycles. The van der Waals surface area contributed by atoms with Crippen LogP contribution < -0.4 is 10.9 Å². The van der Waals surface area contributed by atoms with Crippen molar-refractivity contribution in [2.45, 2.75) is 32.6 Å². The molecule has 2 N–H and O–H groups in total. The number of fused-ring (bicyclic) bond motifs is 1. The Morgan fingerprint density at radius 1 is 1.25 bits per heavy atom. The number of nitrogens with one attached hydrogen (secondary N) is 2. The molecule has 1 aliphatic carbocycles. The molecule has 0 saturated heterocycles. The molecule has 0 bridgehead atoms. The fraction of sp³-hybridized carbons (Fsp3) is 0.389. The molecule has 0 aliphatic heterocycles. The zero-order valence-electron chi connectivity index (χ0n) is 13.7. The van der Waals surface area contributed by atoms with E-state index in [0.717, 1.165) is 12.2 Å². The first-order chi connectivity index (χ1) is 11.6. The van der Waals surface area contributed by atoms with Crippen LogP contribution in [0.3, 0.4) is 0 Å². The summed E-state index contributed by atoms with van der Waals surface area (Å²) in [6, 6.07) is 9.72. The summed E-state index contributed by atoms with van der Waals surface area (Å²) in [6.45, 7) is 3.11. The molecular weight excluding hydrogens is 302 g/mol. The molecule has 6 nitrogen and oxygen atoms in total. The van der Waals surface area contributed by atoms with Gasteiger partial charge in [0, 0.05) is 6.54 Å². The van der Waals surface area contributed by atoms with E-state index in [2.05, 4.69) is 27.3 Å². The van der Waals surface area contributed by atoms with E-state index in [4.69, 9.17) is 0 Å². The van der Waals surface area contributed by atoms with E-state index in [1.807, 2.05) is 30.3 Å². The van der Waals surface area contributed by atoms with Gasteiger partial charge >= 0.3 is 0 Å². The molecule has 1 fully saturated rings. The fourth-order valence-electron chi connectivity index (χ4n) is 3.46. The molecule has 0 atom stereocenters. The van der Waals surface area contributed by atoms with Crippen LogP contribution in [-0.4, -0.2) is 26.3 Å². The predicted octanol–water partition coefficient (Wildman–Crippen LogP) is 3.10. The van der Waals surface area contributed by atoms with Crippen molar-refractivity contribution in [3.05, 3.63) is 46.9 Å². The van der Waals surface area contributed by atoms with Crippen LogP contribution in [0.25, 0.3) is 16.7 Å². The third-order valence-electron chi connectivity index (χ3n) is 4.93. The van der Waals surface area contributed by atoms with Gasteiger partial charge in [-0.25, -0.2) is 4.68 Å². The second-order valence-corrected chi connectivity index (χ2v) is 6.92. The van der Waals surface area contributed by atoms with Gasteiger partial charge in [-0.05, 0) is 30.4 Å². The number of H-pyrrole nitrogens is 1. The summed E-state index contributed by atoms with van der Waals surface area (Å²) in [7, 11) is 0. The molecule has 1 aromatic carbocycles. The lowest BCUT2D eigenvalue weighted by Gasteiger charge is -2.23. The van der Waals surface area contributed by atoms with E-state index in [1.165, 1.54) is 25.7 Å². The van der Waals surface area contributed by atoms with Crippen molar-refractivity contribution in [2.75, 3.05) is 11.9 Å². The number of hydrogen-bond donors (Lipinski definition) is 2. The summed E-state index contributed by atoms with van der Waals surface area (Å²) in [5.74, 6) is 0.512. The molecule has 24 heavy (non-hydrogen) atoms.